The van der Waals surface area contributed by atoms with E-state index in [1.165, 1.54) is 0 Å². The molecule has 0 bridgehead atoms. The molecule has 0 aliphatic rings. The topological polar surface area (TPSA) is 36.7 Å². The molecular formula is C26H28F2N2O2. The SMILES string of the molecule is C=CCN(CC(=O)N(CCc1ccccc1)Cc1ccc(C)o1)Cc1cc(F)ccc1F. The van der Waals surface area contributed by atoms with Gasteiger partial charge in [0, 0.05) is 25.2 Å². The number of furan rings is 1. The Morgan fingerprint density at radius 2 is 1.84 bits per heavy atom. The fraction of sp³-hybridized carbons (Fsp3) is 0.269. The smallest absolute Gasteiger partial charge is 0.237 e. The summed E-state index contributed by atoms with van der Waals surface area (Å²) in [5.41, 5.74) is 1.34. The van der Waals surface area contributed by atoms with Crippen LogP contribution in [0.25, 0.3) is 0 Å². The van der Waals surface area contributed by atoms with Crippen LogP contribution in [0.1, 0.15) is 22.6 Å². The molecular weight excluding hydrogens is 410 g/mol. The number of rotatable bonds is 11. The van der Waals surface area contributed by atoms with E-state index in [0.717, 1.165) is 29.5 Å². The number of hydrogen-bond acceptors (Lipinski definition) is 3. The minimum atomic E-state index is -0.510. The molecule has 1 amide bonds. The molecule has 0 aliphatic heterocycles. The largest absolute Gasteiger partial charge is 0.464 e. The normalized spacial score (nSPS) is 11.0. The third-order valence-corrected chi connectivity index (χ3v) is 5.16. The van der Waals surface area contributed by atoms with E-state index in [2.05, 4.69) is 6.58 Å². The number of hydrogen-bond donors (Lipinski definition) is 0. The zero-order valence-electron chi connectivity index (χ0n) is 18.3. The van der Waals surface area contributed by atoms with Crippen molar-refractivity contribution in [3.63, 3.8) is 0 Å². The summed E-state index contributed by atoms with van der Waals surface area (Å²) >= 11 is 0. The van der Waals surface area contributed by atoms with Gasteiger partial charge in [-0.3, -0.25) is 9.69 Å². The summed E-state index contributed by atoms with van der Waals surface area (Å²) in [5, 5.41) is 0. The molecule has 0 atom stereocenters. The molecule has 6 heteroatoms. The van der Waals surface area contributed by atoms with E-state index in [1.54, 1.807) is 15.9 Å². The lowest BCUT2D eigenvalue weighted by Gasteiger charge is -2.27. The second-order valence-electron chi connectivity index (χ2n) is 7.76. The van der Waals surface area contributed by atoms with Crippen molar-refractivity contribution in [2.75, 3.05) is 19.6 Å². The number of carbonyl (C=O) groups is 1. The molecule has 168 valence electrons. The van der Waals surface area contributed by atoms with Crippen LogP contribution in [0.15, 0.2) is 77.7 Å². The lowest BCUT2D eigenvalue weighted by atomic mass is 10.1. The molecule has 4 nitrogen and oxygen atoms in total. The third kappa shape index (κ3) is 6.89. The number of aryl methyl sites for hydroxylation is 1. The van der Waals surface area contributed by atoms with Crippen molar-refractivity contribution in [3.05, 3.63) is 108 Å². The Morgan fingerprint density at radius 3 is 2.53 bits per heavy atom. The monoisotopic (exact) mass is 438 g/mol. The molecule has 0 saturated heterocycles. The first kappa shape index (κ1) is 23.4. The van der Waals surface area contributed by atoms with Crippen LogP contribution < -0.4 is 0 Å². The highest BCUT2D eigenvalue weighted by Gasteiger charge is 2.20. The summed E-state index contributed by atoms with van der Waals surface area (Å²) < 4.78 is 33.4. The van der Waals surface area contributed by atoms with E-state index >= 15 is 0 Å². The zero-order valence-corrected chi connectivity index (χ0v) is 18.3. The molecule has 0 fully saturated rings. The van der Waals surface area contributed by atoms with Gasteiger partial charge in [-0.1, -0.05) is 36.4 Å². The van der Waals surface area contributed by atoms with Gasteiger partial charge in [0.1, 0.15) is 23.2 Å². The van der Waals surface area contributed by atoms with Gasteiger partial charge in [0.2, 0.25) is 5.91 Å². The standard InChI is InChI=1S/C26H28F2N2O2/c1-3-14-29(17-22-16-23(27)10-12-25(22)28)19-26(31)30(18-24-11-9-20(2)32-24)15-13-21-7-5-4-6-8-21/h3-12,16H,1,13-15,17-19H2,2H3. The average molecular weight is 439 g/mol. The second kappa shape index (κ2) is 11.4. The van der Waals surface area contributed by atoms with Gasteiger partial charge in [-0.2, -0.15) is 0 Å². The molecule has 1 aromatic heterocycles. The Kier molecular flexibility index (Phi) is 8.34. The van der Waals surface area contributed by atoms with Crippen LogP contribution in [-0.2, 0) is 24.3 Å². The van der Waals surface area contributed by atoms with Gasteiger partial charge in [-0.15, -0.1) is 6.58 Å². The highest BCUT2D eigenvalue weighted by Crippen LogP contribution is 2.15. The van der Waals surface area contributed by atoms with Crippen molar-refractivity contribution >= 4 is 5.91 Å². The number of nitrogens with zero attached hydrogens (tertiary/aromatic N) is 2. The Morgan fingerprint density at radius 1 is 1.06 bits per heavy atom. The first-order valence-corrected chi connectivity index (χ1v) is 10.6. The molecule has 3 aromatic rings. The Balaban J connectivity index is 1.72. The highest BCUT2D eigenvalue weighted by molar-refractivity contribution is 5.78. The van der Waals surface area contributed by atoms with Gasteiger partial charge in [0.25, 0.3) is 0 Å². The minimum absolute atomic E-state index is 0.0520. The van der Waals surface area contributed by atoms with Crippen molar-refractivity contribution < 1.29 is 18.0 Å². The summed E-state index contributed by atoms with van der Waals surface area (Å²) in [6.07, 6.45) is 2.35. The Labute approximate surface area is 187 Å². The predicted molar refractivity (Wildman–Crippen MR) is 121 cm³/mol. The van der Waals surface area contributed by atoms with E-state index in [1.807, 2.05) is 49.4 Å². The first-order chi connectivity index (χ1) is 15.4. The maximum absolute atomic E-state index is 14.1. The summed E-state index contributed by atoms with van der Waals surface area (Å²) in [5.74, 6) is 0.359. The van der Waals surface area contributed by atoms with Gasteiger partial charge < -0.3 is 9.32 Å². The minimum Gasteiger partial charge on any atom is -0.464 e. The molecule has 0 aliphatic carbocycles. The second-order valence-corrected chi connectivity index (χ2v) is 7.76. The van der Waals surface area contributed by atoms with Crippen LogP contribution in [0.5, 0.6) is 0 Å². The van der Waals surface area contributed by atoms with E-state index in [4.69, 9.17) is 4.42 Å². The molecule has 0 radical (unpaired) electrons. The lowest BCUT2D eigenvalue weighted by molar-refractivity contribution is -0.133. The first-order valence-electron chi connectivity index (χ1n) is 10.6. The molecule has 0 spiro atoms. The molecule has 0 N–H and O–H groups in total. The quantitative estimate of drug-likeness (QED) is 0.390. The van der Waals surface area contributed by atoms with Crippen LogP contribution >= 0.6 is 0 Å². The maximum Gasteiger partial charge on any atom is 0.237 e. The highest BCUT2D eigenvalue weighted by atomic mass is 19.1. The fourth-order valence-corrected chi connectivity index (χ4v) is 3.52. The van der Waals surface area contributed by atoms with Gasteiger partial charge >= 0.3 is 0 Å². The van der Waals surface area contributed by atoms with Crippen molar-refractivity contribution in [2.45, 2.75) is 26.4 Å². The van der Waals surface area contributed by atoms with E-state index in [0.29, 0.717) is 31.8 Å². The predicted octanol–water partition coefficient (Wildman–Crippen LogP) is 5.13. The number of carbonyl (C=O) groups excluding carboxylic acids is 1. The summed E-state index contributed by atoms with van der Waals surface area (Å²) in [6.45, 7) is 6.97. The number of amides is 1. The van der Waals surface area contributed by atoms with Gasteiger partial charge in [-0.05, 0) is 49.2 Å². The molecule has 0 unspecified atom stereocenters. The average Bonchev–Trinajstić information content (AvgIpc) is 3.19. The van der Waals surface area contributed by atoms with Gasteiger partial charge in [-0.25, -0.2) is 8.78 Å². The lowest BCUT2D eigenvalue weighted by Crippen LogP contribution is -2.41. The molecule has 1 heterocycles. The Hall–Kier alpha value is -3.25. The molecule has 2 aromatic carbocycles. The maximum atomic E-state index is 14.1. The molecule has 32 heavy (non-hydrogen) atoms. The number of halogens is 2. The fourth-order valence-electron chi connectivity index (χ4n) is 3.52. The van der Waals surface area contributed by atoms with Crippen LogP contribution in [0.3, 0.4) is 0 Å². The van der Waals surface area contributed by atoms with Crippen molar-refractivity contribution in [3.8, 4) is 0 Å². The number of benzene rings is 2. The van der Waals surface area contributed by atoms with Crippen molar-refractivity contribution in [1.29, 1.82) is 0 Å². The van der Waals surface area contributed by atoms with Gasteiger partial charge in [0.05, 0.1) is 13.1 Å². The van der Waals surface area contributed by atoms with E-state index < -0.39 is 11.6 Å². The zero-order chi connectivity index (χ0) is 22.9. The van der Waals surface area contributed by atoms with Gasteiger partial charge in [0.15, 0.2) is 0 Å². The van der Waals surface area contributed by atoms with Crippen LogP contribution in [0, 0.1) is 18.6 Å². The van der Waals surface area contributed by atoms with E-state index in [9.17, 15) is 13.6 Å². The molecule has 0 saturated carbocycles. The van der Waals surface area contributed by atoms with Crippen LogP contribution in [0.2, 0.25) is 0 Å². The van der Waals surface area contributed by atoms with Crippen LogP contribution in [0.4, 0.5) is 8.78 Å². The third-order valence-electron chi connectivity index (χ3n) is 5.16. The molecule has 3 rings (SSSR count). The Bertz CT molecular complexity index is 1030. The summed E-state index contributed by atoms with van der Waals surface area (Å²) in [6, 6.07) is 17.0. The van der Waals surface area contributed by atoms with E-state index in [-0.39, 0.29) is 24.6 Å². The summed E-state index contributed by atoms with van der Waals surface area (Å²) in [4.78, 5) is 16.7. The summed E-state index contributed by atoms with van der Waals surface area (Å²) in [7, 11) is 0. The van der Waals surface area contributed by atoms with Crippen molar-refractivity contribution in [1.82, 2.24) is 9.80 Å². The van der Waals surface area contributed by atoms with Crippen LogP contribution in [-0.4, -0.2) is 35.3 Å². The van der Waals surface area contributed by atoms with Crippen molar-refractivity contribution in [2.24, 2.45) is 0 Å².